The lowest BCUT2D eigenvalue weighted by Crippen LogP contribution is -2.49. The van der Waals surface area contributed by atoms with E-state index >= 15 is 0 Å². The molecule has 1 aromatic carbocycles. The van der Waals surface area contributed by atoms with Crippen LogP contribution in [0.2, 0.25) is 0 Å². The number of ether oxygens (including phenoxy) is 1. The highest BCUT2D eigenvalue weighted by molar-refractivity contribution is 5.87. The monoisotopic (exact) mass is 365 g/mol. The van der Waals surface area contributed by atoms with Crippen molar-refractivity contribution in [1.29, 1.82) is 0 Å². The Bertz CT molecular complexity index is 642. The first-order valence-corrected chi connectivity index (χ1v) is 8.56. The molecule has 1 aliphatic rings. The molecule has 1 aromatic rings. The van der Waals surface area contributed by atoms with E-state index in [0.717, 1.165) is 5.69 Å². The molecule has 0 aromatic heterocycles. The Kier molecular flexibility index (Phi) is 6.94. The normalized spacial score (nSPS) is 15.3. The van der Waals surface area contributed by atoms with E-state index in [1.165, 1.54) is 26.2 Å². The fourth-order valence-electron chi connectivity index (χ4n) is 2.79. The molecule has 8 heteroatoms. The molecular weight excluding hydrogens is 341 g/mol. The smallest absolute Gasteiger partial charge is 0.328 e. The first-order chi connectivity index (χ1) is 12.4. The Morgan fingerprint density at radius 1 is 1.12 bits per heavy atom. The number of hydrogen-bond acceptors (Lipinski definition) is 5. The Morgan fingerprint density at radius 2 is 1.73 bits per heavy atom. The lowest BCUT2D eigenvalue weighted by molar-refractivity contribution is -0.144. The molecule has 0 radical (unpaired) electrons. The molecule has 2 amide bonds. The van der Waals surface area contributed by atoms with Crippen LogP contribution in [0.1, 0.15) is 19.8 Å². The predicted octanol–water partition coefficient (Wildman–Crippen LogP) is 0.932. The number of carbonyl (C=O) groups is 3. The van der Waals surface area contributed by atoms with Crippen molar-refractivity contribution >= 4 is 23.5 Å². The number of nitrogens with one attached hydrogen (secondary N) is 1. The Morgan fingerprint density at radius 3 is 2.31 bits per heavy atom. The van der Waals surface area contributed by atoms with Crippen LogP contribution in [0.15, 0.2) is 24.3 Å². The molecule has 0 spiro atoms. The number of nitrogens with zero attached hydrogens (tertiary/aromatic N) is 2. The maximum absolute atomic E-state index is 13.0. The molecule has 1 saturated heterocycles. The lowest BCUT2D eigenvalue weighted by Gasteiger charge is -2.36. The van der Waals surface area contributed by atoms with Gasteiger partial charge in [-0.1, -0.05) is 0 Å². The second-order valence-electron chi connectivity index (χ2n) is 6.16. The quantitative estimate of drug-likeness (QED) is 0.759. The van der Waals surface area contributed by atoms with E-state index in [9.17, 15) is 18.8 Å². The third-order valence-electron chi connectivity index (χ3n) is 4.32. The average molecular weight is 365 g/mol. The topological polar surface area (TPSA) is 78.9 Å². The van der Waals surface area contributed by atoms with Crippen LogP contribution in [0.5, 0.6) is 0 Å². The zero-order valence-electron chi connectivity index (χ0n) is 15.0. The lowest BCUT2D eigenvalue weighted by atomic mass is 10.2. The third kappa shape index (κ3) is 5.44. The van der Waals surface area contributed by atoms with Crippen molar-refractivity contribution in [2.45, 2.75) is 25.8 Å². The van der Waals surface area contributed by atoms with Gasteiger partial charge in [-0.2, -0.15) is 0 Å². The van der Waals surface area contributed by atoms with Crippen LogP contribution in [-0.4, -0.2) is 62.0 Å². The number of benzene rings is 1. The summed E-state index contributed by atoms with van der Waals surface area (Å²) in [6.07, 6.45) is 0.120. The summed E-state index contributed by atoms with van der Waals surface area (Å²) >= 11 is 0. The van der Waals surface area contributed by atoms with Crippen LogP contribution < -0.4 is 10.2 Å². The number of carbonyl (C=O) groups excluding carboxylic acids is 3. The van der Waals surface area contributed by atoms with Crippen molar-refractivity contribution in [2.24, 2.45) is 0 Å². The molecule has 0 bridgehead atoms. The molecule has 0 aliphatic carbocycles. The highest BCUT2D eigenvalue weighted by atomic mass is 19.1. The van der Waals surface area contributed by atoms with Gasteiger partial charge in [-0.3, -0.25) is 9.59 Å². The summed E-state index contributed by atoms with van der Waals surface area (Å²) in [5, 5.41) is 2.50. The summed E-state index contributed by atoms with van der Waals surface area (Å²) in [5.74, 6) is -1.25. The summed E-state index contributed by atoms with van der Waals surface area (Å²) in [5.41, 5.74) is 0.926. The Hall–Kier alpha value is -2.64. The fraction of sp³-hybridized carbons (Fsp3) is 0.500. The van der Waals surface area contributed by atoms with E-state index in [0.29, 0.717) is 26.2 Å². The number of methoxy groups -OCH3 is 1. The highest BCUT2D eigenvalue weighted by Crippen LogP contribution is 2.17. The molecule has 2 rings (SSSR count). The molecule has 1 aliphatic heterocycles. The number of rotatable bonds is 6. The molecule has 0 saturated carbocycles. The van der Waals surface area contributed by atoms with Gasteiger partial charge in [-0.25, -0.2) is 9.18 Å². The van der Waals surface area contributed by atoms with Gasteiger partial charge in [-0.05, 0) is 31.2 Å². The van der Waals surface area contributed by atoms with Crippen molar-refractivity contribution in [2.75, 3.05) is 38.2 Å². The minimum Gasteiger partial charge on any atom is -0.467 e. The van der Waals surface area contributed by atoms with Crippen LogP contribution in [0.25, 0.3) is 0 Å². The molecule has 1 heterocycles. The van der Waals surface area contributed by atoms with Crippen LogP contribution in [0.4, 0.5) is 10.1 Å². The van der Waals surface area contributed by atoms with Crippen LogP contribution in [0, 0.1) is 5.82 Å². The van der Waals surface area contributed by atoms with Crippen LogP contribution >= 0.6 is 0 Å². The summed E-state index contributed by atoms with van der Waals surface area (Å²) in [7, 11) is 1.25. The minimum absolute atomic E-state index is 0.0261. The second kappa shape index (κ2) is 9.17. The second-order valence-corrected chi connectivity index (χ2v) is 6.16. The zero-order chi connectivity index (χ0) is 19.1. The number of halogens is 1. The average Bonchev–Trinajstić information content (AvgIpc) is 2.66. The van der Waals surface area contributed by atoms with E-state index in [1.54, 1.807) is 17.0 Å². The van der Waals surface area contributed by atoms with Gasteiger partial charge in [0.25, 0.3) is 0 Å². The van der Waals surface area contributed by atoms with Gasteiger partial charge in [0.2, 0.25) is 11.8 Å². The van der Waals surface area contributed by atoms with E-state index in [-0.39, 0.29) is 30.5 Å². The predicted molar refractivity (Wildman–Crippen MR) is 94.0 cm³/mol. The van der Waals surface area contributed by atoms with Crippen LogP contribution in [-0.2, 0) is 19.1 Å². The summed E-state index contributed by atoms with van der Waals surface area (Å²) in [6, 6.07) is 5.54. The molecule has 0 unspecified atom stereocenters. The van der Waals surface area contributed by atoms with Gasteiger partial charge >= 0.3 is 5.97 Å². The maximum Gasteiger partial charge on any atom is 0.328 e. The van der Waals surface area contributed by atoms with E-state index in [4.69, 9.17) is 0 Å². The van der Waals surface area contributed by atoms with Crippen molar-refractivity contribution in [3.05, 3.63) is 30.1 Å². The largest absolute Gasteiger partial charge is 0.467 e. The van der Waals surface area contributed by atoms with Crippen molar-refractivity contribution < 1.29 is 23.5 Å². The Balaban J connectivity index is 1.73. The van der Waals surface area contributed by atoms with Gasteiger partial charge in [-0.15, -0.1) is 0 Å². The number of piperazine rings is 1. The van der Waals surface area contributed by atoms with Gasteiger partial charge in [0.1, 0.15) is 11.9 Å². The molecular formula is C18H24FN3O4. The standard InChI is InChI=1S/C18H24FN3O4/c1-13(18(25)26-2)20-16(23)7-8-17(24)22-11-9-21(10-12-22)15-5-3-14(19)4-6-15/h3-6,13H,7-12H2,1-2H3,(H,20,23)/t13-/m0/s1. The number of anilines is 1. The van der Waals surface area contributed by atoms with Gasteiger partial charge < -0.3 is 19.9 Å². The zero-order valence-corrected chi connectivity index (χ0v) is 15.0. The number of esters is 1. The summed E-state index contributed by atoms with van der Waals surface area (Å²) < 4.78 is 17.5. The molecule has 1 N–H and O–H groups in total. The molecule has 7 nitrogen and oxygen atoms in total. The summed E-state index contributed by atoms with van der Waals surface area (Å²) in [4.78, 5) is 39.1. The van der Waals surface area contributed by atoms with Crippen molar-refractivity contribution in [1.82, 2.24) is 10.2 Å². The first-order valence-electron chi connectivity index (χ1n) is 8.56. The fourth-order valence-corrected chi connectivity index (χ4v) is 2.79. The minimum atomic E-state index is -0.734. The molecule has 26 heavy (non-hydrogen) atoms. The molecule has 1 fully saturated rings. The van der Waals surface area contributed by atoms with Gasteiger partial charge in [0, 0.05) is 44.7 Å². The van der Waals surface area contributed by atoms with E-state index < -0.39 is 12.0 Å². The highest BCUT2D eigenvalue weighted by Gasteiger charge is 2.22. The van der Waals surface area contributed by atoms with Crippen molar-refractivity contribution in [3.8, 4) is 0 Å². The number of amides is 2. The van der Waals surface area contributed by atoms with Crippen LogP contribution in [0.3, 0.4) is 0 Å². The molecule has 142 valence electrons. The Labute approximate surface area is 152 Å². The number of hydrogen-bond donors (Lipinski definition) is 1. The summed E-state index contributed by atoms with van der Waals surface area (Å²) in [6.45, 7) is 3.94. The third-order valence-corrected chi connectivity index (χ3v) is 4.32. The first kappa shape index (κ1) is 19.7. The van der Waals surface area contributed by atoms with E-state index in [1.807, 2.05) is 0 Å². The van der Waals surface area contributed by atoms with E-state index in [2.05, 4.69) is 15.0 Å². The molecule has 1 atom stereocenters. The van der Waals surface area contributed by atoms with Gasteiger partial charge in [0.05, 0.1) is 7.11 Å². The van der Waals surface area contributed by atoms with Gasteiger partial charge in [0.15, 0.2) is 0 Å². The van der Waals surface area contributed by atoms with Crippen molar-refractivity contribution in [3.63, 3.8) is 0 Å². The maximum atomic E-state index is 13.0. The SMILES string of the molecule is COC(=O)[C@H](C)NC(=O)CCC(=O)N1CCN(c2ccc(F)cc2)CC1.